The molecule has 3 fully saturated rings. The molecule has 1 aliphatic heterocycles. The second kappa shape index (κ2) is 9.37. The minimum absolute atomic E-state index is 0.0856. The van der Waals surface area contributed by atoms with Gasteiger partial charge in [0.25, 0.3) is 0 Å². The third kappa shape index (κ3) is 5.49. The van der Waals surface area contributed by atoms with Crippen molar-refractivity contribution in [3.8, 4) is 5.75 Å². The number of piperazine rings is 1. The summed E-state index contributed by atoms with van der Waals surface area (Å²) in [5.74, 6) is 0.591. The van der Waals surface area contributed by atoms with Gasteiger partial charge >= 0.3 is 6.36 Å². The highest BCUT2D eigenvalue weighted by atomic mass is 19.4. The number of allylic oxidation sites excluding steroid dienone is 1. The van der Waals surface area contributed by atoms with Gasteiger partial charge in [-0.2, -0.15) is 0 Å². The van der Waals surface area contributed by atoms with Crippen LogP contribution in [0.3, 0.4) is 0 Å². The van der Waals surface area contributed by atoms with Gasteiger partial charge in [-0.25, -0.2) is 4.98 Å². The number of rotatable bonds is 6. The standard InChI is InChI=1S/C24H35F3N6O/c1-13(2)31-20(10-19(28)15-7-21(23(29)30-11-15)34-24(25,26)27)22-17-8-16(9-18(17)22)33-6-5-32(4)12-14(33)3/h7,10-11,13-14,16-18,22H,5-6,8-9,12,28H2,1-4H3,(H2,29,30)/t14-,16?,17-,18+,22?/m0/s1. The van der Waals surface area contributed by atoms with Crippen LogP contribution in [0.2, 0.25) is 0 Å². The molecule has 34 heavy (non-hydrogen) atoms. The van der Waals surface area contributed by atoms with Crippen LogP contribution in [0.4, 0.5) is 19.0 Å². The number of aliphatic imine (C=N–C) groups is 1. The van der Waals surface area contributed by atoms with Gasteiger partial charge in [-0.15, -0.1) is 13.2 Å². The molecule has 2 unspecified atom stereocenters. The number of nitrogens with zero attached hydrogens (tertiary/aromatic N) is 4. The molecule has 0 aromatic carbocycles. The zero-order valence-corrected chi connectivity index (χ0v) is 20.2. The Labute approximate surface area is 199 Å². The lowest BCUT2D eigenvalue weighted by molar-refractivity contribution is -0.274. The molecule has 188 valence electrons. The molecule has 5 atom stereocenters. The van der Waals surface area contributed by atoms with E-state index in [0.717, 1.165) is 38.2 Å². The van der Waals surface area contributed by atoms with E-state index in [2.05, 4.69) is 33.5 Å². The van der Waals surface area contributed by atoms with Gasteiger partial charge in [0.15, 0.2) is 11.6 Å². The van der Waals surface area contributed by atoms with Gasteiger partial charge in [-0.3, -0.25) is 9.89 Å². The van der Waals surface area contributed by atoms with E-state index in [0.29, 0.717) is 41.1 Å². The molecule has 3 aliphatic rings. The van der Waals surface area contributed by atoms with Crippen LogP contribution < -0.4 is 16.2 Å². The smallest absolute Gasteiger partial charge is 0.402 e. The summed E-state index contributed by atoms with van der Waals surface area (Å²) in [7, 11) is 2.18. The number of hydrogen-bond acceptors (Lipinski definition) is 7. The first-order valence-electron chi connectivity index (χ1n) is 11.9. The Hall–Kier alpha value is -2.33. The van der Waals surface area contributed by atoms with E-state index in [-0.39, 0.29) is 11.9 Å². The minimum Gasteiger partial charge on any atom is -0.402 e. The number of alkyl halides is 3. The molecule has 4 rings (SSSR count). The number of pyridine rings is 1. The van der Waals surface area contributed by atoms with Gasteiger partial charge in [0, 0.05) is 66.8 Å². The molecule has 4 N–H and O–H groups in total. The largest absolute Gasteiger partial charge is 0.573 e. The monoisotopic (exact) mass is 480 g/mol. The second-order valence-corrected chi connectivity index (χ2v) is 10.2. The number of aromatic nitrogens is 1. The highest BCUT2D eigenvalue weighted by Gasteiger charge is 2.58. The van der Waals surface area contributed by atoms with Crippen LogP contribution in [0.15, 0.2) is 23.3 Å². The van der Waals surface area contributed by atoms with E-state index in [1.165, 1.54) is 12.3 Å². The predicted molar refractivity (Wildman–Crippen MR) is 127 cm³/mol. The molecule has 2 heterocycles. The molecule has 0 amide bonds. The Morgan fingerprint density at radius 1 is 1.26 bits per heavy atom. The third-order valence-corrected chi connectivity index (χ3v) is 7.26. The van der Waals surface area contributed by atoms with E-state index in [1.807, 2.05) is 13.8 Å². The van der Waals surface area contributed by atoms with Crippen LogP contribution in [0.5, 0.6) is 5.75 Å². The second-order valence-electron chi connectivity index (χ2n) is 10.2. The third-order valence-electron chi connectivity index (χ3n) is 7.26. The van der Waals surface area contributed by atoms with Crippen LogP contribution in [0.25, 0.3) is 5.70 Å². The maximum absolute atomic E-state index is 12.7. The van der Waals surface area contributed by atoms with Gasteiger partial charge < -0.3 is 21.1 Å². The molecule has 1 saturated heterocycles. The lowest BCUT2D eigenvalue weighted by Crippen LogP contribution is -2.54. The van der Waals surface area contributed by atoms with E-state index >= 15 is 0 Å². The van der Waals surface area contributed by atoms with E-state index in [1.54, 1.807) is 6.08 Å². The van der Waals surface area contributed by atoms with Crippen LogP contribution in [0.1, 0.15) is 39.2 Å². The average Bonchev–Trinajstić information content (AvgIpc) is 3.21. The highest BCUT2D eigenvalue weighted by molar-refractivity contribution is 6.04. The van der Waals surface area contributed by atoms with E-state index in [9.17, 15) is 13.2 Å². The molecular formula is C24H35F3N6O. The maximum Gasteiger partial charge on any atom is 0.573 e. The molecule has 7 nitrogen and oxygen atoms in total. The lowest BCUT2D eigenvalue weighted by Gasteiger charge is -2.42. The number of ether oxygens (including phenoxy) is 1. The Morgan fingerprint density at radius 3 is 2.53 bits per heavy atom. The Bertz CT molecular complexity index is 951. The van der Waals surface area contributed by atoms with Crippen molar-refractivity contribution in [3.05, 3.63) is 23.9 Å². The summed E-state index contributed by atoms with van der Waals surface area (Å²) < 4.78 is 42.0. The topological polar surface area (TPSA) is 93.0 Å². The van der Waals surface area contributed by atoms with Crippen molar-refractivity contribution in [1.29, 1.82) is 0 Å². The van der Waals surface area contributed by atoms with Crippen molar-refractivity contribution in [2.75, 3.05) is 32.4 Å². The van der Waals surface area contributed by atoms with Crippen LogP contribution >= 0.6 is 0 Å². The Balaban J connectivity index is 1.48. The number of likely N-dealkylation sites (N-methyl/N-ethyl adjacent to an activating group) is 1. The average molecular weight is 481 g/mol. The molecule has 1 aromatic rings. The molecule has 1 aromatic heterocycles. The highest BCUT2D eigenvalue weighted by Crippen LogP contribution is 2.59. The van der Waals surface area contributed by atoms with Crippen molar-refractivity contribution in [2.45, 2.75) is 58.1 Å². The zero-order valence-electron chi connectivity index (χ0n) is 20.2. The van der Waals surface area contributed by atoms with Crippen LogP contribution in [-0.2, 0) is 0 Å². The molecule has 0 spiro atoms. The van der Waals surface area contributed by atoms with E-state index in [4.69, 9.17) is 16.5 Å². The number of nitrogens with two attached hydrogens (primary N) is 2. The van der Waals surface area contributed by atoms with Gasteiger partial charge in [0.1, 0.15) is 0 Å². The summed E-state index contributed by atoms with van der Waals surface area (Å²) in [6.45, 7) is 9.65. The molecule has 10 heteroatoms. The molecule has 0 radical (unpaired) electrons. The van der Waals surface area contributed by atoms with Gasteiger partial charge in [-0.1, -0.05) is 0 Å². The fraction of sp³-hybridized carbons (Fsp3) is 0.667. The van der Waals surface area contributed by atoms with Crippen molar-refractivity contribution in [3.63, 3.8) is 0 Å². The summed E-state index contributed by atoms with van der Waals surface area (Å²) >= 11 is 0. The lowest BCUT2D eigenvalue weighted by atomic mass is 9.99. The maximum atomic E-state index is 12.7. The summed E-state index contributed by atoms with van der Waals surface area (Å²) in [6.07, 6.45) is 0.597. The van der Waals surface area contributed by atoms with Crippen molar-refractivity contribution >= 4 is 17.2 Å². The zero-order chi connectivity index (χ0) is 24.8. The first kappa shape index (κ1) is 24.8. The quantitative estimate of drug-likeness (QED) is 0.607. The Kier molecular flexibility index (Phi) is 6.83. The fourth-order valence-electron chi connectivity index (χ4n) is 5.80. The number of fused-ring (bicyclic) bond motifs is 1. The van der Waals surface area contributed by atoms with Gasteiger partial charge in [-0.05, 0) is 64.6 Å². The summed E-state index contributed by atoms with van der Waals surface area (Å²) in [5.41, 5.74) is 13.4. The normalized spacial score (nSPS) is 31.1. The number of anilines is 1. The van der Waals surface area contributed by atoms with Crippen LogP contribution in [0, 0.1) is 17.8 Å². The number of hydrogen-bond donors (Lipinski definition) is 2. The minimum atomic E-state index is -4.86. The summed E-state index contributed by atoms with van der Waals surface area (Å²) in [6, 6.07) is 2.43. The predicted octanol–water partition coefficient (Wildman–Crippen LogP) is 3.37. The Morgan fingerprint density at radius 2 is 1.94 bits per heavy atom. The van der Waals surface area contributed by atoms with Crippen molar-refractivity contribution < 1.29 is 17.9 Å². The summed E-state index contributed by atoms with van der Waals surface area (Å²) in [5, 5.41) is 0. The fourth-order valence-corrected chi connectivity index (χ4v) is 5.80. The van der Waals surface area contributed by atoms with Crippen molar-refractivity contribution in [1.82, 2.24) is 14.8 Å². The molecule has 0 bridgehead atoms. The van der Waals surface area contributed by atoms with Gasteiger partial charge in [0.05, 0.1) is 0 Å². The molecule has 2 saturated carbocycles. The number of nitrogen functional groups attached to an aromatic ring is 1. The molecule has 2 aliphatic carbocycles. The summed E-state index contributed by atoms with van der Waals surface area (Å²) in [4.78, 5) is 13.7. The first-order valence-corrected chi connectivity index (χ1v) is 11.9. The van der Waals surface area contributed by atoms with E-state index < -0.39 is 12.1 Å². The van der Waals surface area contributed by atoms with Crippen molar-refractivity contribution in [2.24, 2.45) is 28.5 Å². The first-order chi connectivity index (χ1) is 15.9. The number of halogens is 3. The van der Waals surface area contributed by atoms with Gasteiger partial charge in [0.2, 0.25) is 0 Å². The molecular weight excluding hydrogens is 445 g/mol. The SMILES string of the molecule is CC(C)N=C(C=C(N)c1cnc(N)c(OC(F)(F)F)c1)C1[C@H]2CC(N3CCN(C)C[C@@H]3C)C[C@@H]12. The van der Waals surface area contributed by atoms with Crippen LogP contribution in [-0.4, -0.2) is 71.7 Å².